The molecule has 0 fully saturated rings. The minimum atomic E-state index is -0.602. The molecule has 0 radical (unpaired) electrons. The van der Waals surface area contributed by atoms with Gasteiger partial charge in [0, 0.05) is 74.1 Å². The Bertz CT molecular complexity index is 1870. The van der Waals surface area contributed by atoms with Crippen molar-refractivity contribution in [2.75, 3.05) is 5.75 Å². The molecule has 6 nitrogen and oxygen atoms in total. The van der Waals surface area contributed by atoms with Crippen LogP contribution in [0, 0.1) is 6.92 Å². The normalized spacial score (nSPS) is 11.7. The van der Waals surface area contributed by atoms with Crippen molar-refractivity contribution in [2.24, 2.45) is 5.16 Å². The fourth-order valence-electron chi connectivity index (χ4n) is 5.02. The summed E-state index contributed by atoms with van der Waals surface area (Å²) < 4.78 is 2.16. The number of thioether (sulfide) groups is 1. The molecule has 0 bridgehead atoms. The van der Waals surface area contributed by atoms with Crippen molar-refractivity contribution in [3.63, 3.8) is 0 Å². The van der Waals surface area contributed by atoms with Crippen LogP contribution in [0.5, 0.6) is 0 Å². The molecule has 1 aromatic heterocycles. The number of benzene rings is 4. The van der Waals surface area contributed by atoms with Gasteiger partial charge in [-0.3, -0.25) is 9.59 Å². The average molecular weight is 597 g/mol. The first-order chi connectivity index (χ1) is 20.3. The summed E-state index contributed by atoms with van der Waals surface area (Å²) in [5.74, 6) is -0.439. The summed E-state index contributed by atoms with van der Waals surface area (Å²) in [7, 11) is 0. The Morgan fingerprint density at radius 1 is 0.881 bits per heavy atom. The fourth-order valence-corrected chi connectivity index (χ4v) is 6.19. The van der Waals surface area contributed by atoms with Gasteiger partial charge in [0.05, 0.1) is 0 Å². The van der Waals surface area contributed by atoms with Crippen LogP contribution < -0.4 is 0 Å². The SMILES string of the molecule is CCn1c2ccc(C(=O)C(CCSc3cccc(Cl)c3)=NOC(C)=O)cc2c2cc(C(=O)c3ccccc3C)ccc21. The molecule has 0 saturated carbocycles. The highest BCUT2D eigenvalue weighted by atomic mass is 35.5. The van der Waals surface area contributed by atoms with Crippen LogP contribution >= 0.6 is 23.4 Å². The number of fused-ring (bicyclic) bond motifs is 3. The smallest absolute Gasteiger partial charge is 0.331 e. The summed E-state index contributed by atoms with van der Waals surface area (Å²) in [5, 5.41) is 6.30. The van der Waals surface area contributed by atoms with Gasteiger partial charge in [0.1, 0.15) is 5.71 Å². The summed E-state index contributed by atoms with van der Waals surface area (Å²) in [4.78, 5) is 44.5. The van der Waals surface area contributed by atoms with Gasteiger partial charge in [-0.2, -0.15) is 0 Å². The number of nitrogens with zero attached hydrogens (tertiary/aromatic N) is 2. The van der Waals surface area contributed by atoms with Gasteiger partial charge in [-0.05, 0) is 74.0 Å². The number of hydrogen-bond acceptors (Lipinski definition) is 6. The average Bonchev–Trinajstić information content (AvgIpc) is 3.30. The number of oxime groups is 1. The zero-order valence-electron chi connectivity index (χ0n) is 23.5. The molecule has 5 rings (SSSR count). The molecule has 0 spiro atoms. The molecular formula is C34H29ClN2O4S. The lowest BCUT2D eigenvalue weighted by molar-refractivity contribution is -0.140. The molecule has 4 aromatic carbocycles. The zero-order chi connectivity index (χ0) is 29.8. The number of ketones is 2. The lowest BCUT2D eigenvalue weighted by Crippen LogP contribution is -2.16. The first kappa shape index (κ1) is 29.3. The monoisotopic (exact) mass is 596 g/mol. The molecule has 0 saturated heterocycles. The first-order valence-electron chi connectivity index (χ1n) is 13.6. The van der Waals surface area contributed by atoms with Gasteiger partial charge in [-0.1, -0.05) is 47.1 Å². The number of aryl methyl sites for hydroxylation is 2. The van der Waals surface area contributed by atoms with E-state index in [0.717, 1.165) is 38.8 Å². The van der Waals surface area contributed by atoms with Crippen molar-refractivity contribution in [3.8, 4) is 0 Å². The van der Waals surface area contributed by atoms with E-state index in [2.05, 4.69) is 16.6 Å². The fraction of sp³-hybridized carbons (Fsp3) is 0.176. The first-order valence-corrected chi connectivity index (χ1v) is 15.0. The summed E-state index contributed by atoms with van der Waals surface area (Å²) in [6, 6.07) is 26.2. The van der Waals surface area contributed by atoms with Crippen LogP contribution in [0.25, 0.3) is 21.8 Å². The zero-order valence-corrected chi connectivity index (χ0v) is 25.1. The third-order valence-corrected chi connectivity index (χ3v) is 8.28. The second-order valence-corrected chi connectivity index (χ2v) is 11.5. The van der Waals surface area contributed by atoms with E-state index in [1.165, 1.54) is 18.7 Å². The predicted molar refractivity (Wildman–Crippen MR) is 170 cm³/mol. The van der Waals surface area contributed by atoms with Crippen LogP contribution in [-0.4, -0.2) is 33.6 Å². The minimum absolute atomic E-state index is 0.0485. The van der Waals surface area contributed by atoms with Crippen molar-refractivity contribution in [3.05, 3.63) is 112 Å². The third kappa shape index (κ3) is 6.17. The van der Waals surface area contributed by atoms with E-state index in [1.54, 1.807) is 12.1 Å². The standard InChI is InChI=1S/C34H29ClN2O4S/c1-4-37-31-14-12-23(33(39)27-11-6-5-8-21(27)2)18-28(31)29-19-24(13-15-32(29)37)34(40)30(36-41-22(3)38)16-17-42-26-10-7-9-25(35)20-26/h5-15,18-20H,4,16-17H2,1-3H3. The molecule has 0 aliphatic heterocycles. The van der Waals surface area contributed by atoms with Gasteiger partial charge in [0.2, 0.25) is 5.78 Å². The number of carbonyl (C=O) groups is 3. The number of aromatic nitrogens is 1. The van der Waals surface area contributed by atoms with Crippen molar-refractivity contribution in [2.45, 2.75) is 38.6 Å². The molecule has 1 heterocycles. The number of carbonyl (C=O) groups excluding carboxylic acids is 3. The van der Waals surface area contributed by atoms with Gasteiger partial charge in [0.25, 0.3) is 0 Å². The van der Waals surface area contributed by atoms with Crippen LogP contribution in [0.4, 0.5) is 0 Å². The summed E-state index contributed by atoms with van der Waals surface area (Å²) in [6.45, 7) is 5.95. The Balaban J connectivity index is 1.51. The molecular weight excluding hydrogens is 568 g/mol. The summed E-state index contributed by atoms with van der Waals surface area (Å²) in [6.07, 6.45) is 0.285. The lowest BCUT2D eigenvalue weighted by atomic mass is 9.97. The predicted octanol–water partition coefficient (Wildman–Crippen LogP) is 8.29. The van der Waals surface area contributed by atoms with Gasteiger partial charge in [-0.15, -0.1) is 11.8 Å². The van der Waals surface area contributed by atoms with Crippen molar-refractivity contribution < 1.29 is 19.2 Å². The Morgan fingerprint density at radius 3 is 2.24 bits per heavy atom. The van der Waals surface area contributed by atoms with Crippen LogP contribution in [0.1, 0.15) is 52.1 Å². The van der Waals surface area contributed by atoms with Crippen LogP contribution in [0.2, 0.25) is 5.02 Å². The Morgan fingerprint density at radius 2 is 1.57 bits per heavy atom. The second kappa shape index (κ2) is 12.8. The van der Waals surface area contributed by atoms with Gasteiger partial charge >= 0.3 is 5.97 Å². The molecule has 0 N–H and O–H groups in total. The summed E-state index contributed by atoms with van der Waals surface area (Å²) >= 11 is 7.63. The molecule has 42 heavy (non-hydrogen) atoms. The Kier molecular flexibility index (Phi) is 8.90. The maximum atomic E-state index is 13.7. The van der Waals surface area contributed by atoms with E-state index in [1.807, 2.05) is 79.7 Å². The highest BCUT2D eigenvalue weighted by Crippen LogP contribution is 2.32. The molecule has 212 valence electrons. The molecule has 0 unspecified atom stereocenters. The van der Waals surface area contributed by atoms with E-state index in [4.69, 9.17) is 16.4 Å². The van der Waals surface area contributed by atoms with Gasteiger partial charge in [-0.25, -0.2) is 4.79 Å². The highest BCUT2D eigenvalue weighted by Gasteiger charge is 2.20. The largest absolute Gasteiger partial charge is 0.341 e. The van der Waals surface area contributed by atoms with Crippen LogP contribution in [0.15, 0.2) is 95.0 Å². The summed E-state index contributed by atoms with van der Waals surface area (Å²) in [5.41, 5.74) is 4.66. The van der Waals surface area contributed by atoms with E-state index >= 15 is 0 Å². The van der Waals surface area contributed by atoms with Crippen molar-refractivity contribution in [1.29, 1.82) is 0 Å². The molecule has 8 heteroatoms. The number of Topliss-reactive ketones (excluding diaryl/α,β-unsaturated/α-hetero) is 1. The molecule has 5 aromatic rings. The maximum absolute atomic E-state index is 13.7. The van der Waals surface area contributed by atoms with Crippen molar-refractivity contribution >= 4 is 68.4 Å². The molecule has 0 aliphatic carbocycles. The number of halogens is 1. The quantitative estimate of drug-likeness (QED) is 0.0533. The van der Waals surface area contributed by atoms with E-state index in [0.29, 0.717) is 27.5 Å². The number of rotatable bonds is 10. The number of hydrogen-bond donors (Lipinski definition) is 0. The van der Waals surface area contributed by atoms with E-state index in [-0.39, 0.29) is 23.7 Å². The van der Waals surface area contributed by atoms with Gasteiger partial charge < -0.3 is 9.40 Å². The lowest BCUT2D eigenvalue weighted by Gasteiger charge is -2.07. The maximum Gasteiger partial charge on any atom is 0.331 e. The van der Waals surface area contributed by atoms with E-state index in [9.17, 15) is 14.4 Å². The molecule has 0 amide bonds. The minimum Gasteiger partial charge on any atom is -0.341 e. The second-order valence-electron chi connectivity index (χ2n) is 9.86. The highest BCUT2D eigenvalue weighted by molar-refractivity contribution is 7.99. The van der Waals surface area contributed by atoms with E-state index < -0.39 is 5.97 Å². The Labute approximate surface area is 253 Å². The molecule has 0 aliphatic rings. The Hall–Kier alpha value is -4.20. The third-order valence-electron chi connectivity index (χ3n) is 7.05. The topological polar surface area (TPSA) is 77.7 Å². The van der Waals surface area contributed by atoms with Crippen molar-refractivity contribution in [1.82, 2.24) is 4.57 Å². The van der Waals surface area contributed by atoms with Crippen LogP contribution in [-0.2, 0) is 16.2 Å². The van der Waals surface area contributed by atoms with Gasteiger partial charge in [0.15, 0.2) is 5.78 Å². The molecule has 0 atom stereocenters. The van der Waals surface area contributed by atoms with Crippen LogP contribution in [0.3, 0.4) is 0 Å².